The summed E-state index contributed by atoms with van der Waals surface area (Å²) in [6.07, 6.45) is 3.12. The fourth-order valence-electron chi connectivity index (χ4n) is 3.14. The first-order valence-electron chi connectivity index (χ1n) is 8.79. The number of aromatic nitrogens is 3. The quantitative estimate of drug-likeness (QED) is 0.587. The molecule has 4 rings (SSSR count). The summed E-state index contributed by atoms with van der Waals surface area (Å²) in [6, 6.07) is 2.24. The number of rotatable bonds is 5. The molecule has 0 saturated carbocycles. The smallest absolute Gasteiger partial charge is 0.388 e. The summed E-state index contributed by atoms with van der Waals surface area (Å²) in [4.78, 5) is 4.23. The maximum Gasteiger partial charge on any atom is 0.418 e. The van der Waals surface area contributed by atoms with Crippen LogP contribution in [-0.2, 0) is 6.18 Å². The lowest BCUT2D eigenvalue weighted by atomic mass is 10.0. The number of nitrogens with zero attached hydrogens (tertiary/aromatic N) is 2. The molecule has 2 aliphatic rings. The minimum absolute atomic E-state index is 0.194. The molecule has 0 saturated heterocycles. The van der Waals surface area contributed by atoms with Crippen LogP contribution in [0, 0.1) is 0 Å². The molecule has 0 amide bonds. The van der Waals surface area contributed by atoms with E-state index in [1.54, 1.807) is 19.1 Å². The topological polar surface area (TPSA) is 104 Å². The number of halogens is 3. The van der Waals surface area contributed by atoms with Crippen molar-refractivity contribution < 1.29 is 23.6 Å². The Hall–Kier alpha value is -2.75. The van der Waals surface area contributed by atoms with Crippen molar-refractivity contribution in [2.75, 3.05) is 6.61 Å². The van der Waals surface area contributed by atoms with Crippen LogP contribution >= 0.6 is 0 Å². The van der Waals surface area contributed by atoms with Gasteiger partial charge in [-0.05, 0) is 17.7 Å². The summed E-state index contributed by atoms with van der Waals surface area (Å²) in [7, 11) is 0. The van der Waals surface area contributed by atoms with Crippen molar-refractivity contribution in [3.05, 3.63) is 52.8 Å². The van der Waals surface area contributed by atoms with Crippen molar-refractivity contribution in [2.45, 2.75) is 25.2 Å². The predicted molar refractivity (Wildman–Crippen MR) is 97.8 cm³/mol. The number of hydrogen-bond acceptors (Lipinski definition) is 4. The number of nitrogens with two attached hydrogens (primary N) is 2. The highest BCUT2D eigenvalue weighted by Gasteiger charge is 2.38. The maximum atomic E-state index is 13.7. The van der Waals surface area contributed by atoms with Crippen LogP contribution in [0.4, 0.5) is 19.0 Å². The van der Waals surface area contributed by atoms with Crippen molar-refractivity contribution >= 4 is 17.5 Å². The van der Waals surface area contributed by atoms with Gasteiger partial charge in [-0.15, -0.1) is 0 Å². The lowest BCUT2D eigenvalue weighted by molar-refractivity contribution is -0.660. The molecule has 0 aromatic carbocycles. The van der Waals surface area contributed by atoms with Gasteiger partial charge in [-0.1, -0.05) is 25.2 Å². The van der Waals surface area contributed by atoms with Gasteiger partial charge in [-0.3, -0.25) is 16.1 Å². The van der Waals surface area contributed by atoms with Gasteiger partial charge in [0.1, 0.15) is 18.0 Å². The van der Waals surface area contributed by atoms with Crippen LogP contribution in [0.15, 0.2) is 35.9 Å². The lowest BCUT2D eigenvalue weighted by Gasteiger charge is -2.23. The van der Waals surface area contributed by atoms with Crippen molar-refractivity contribution in [1.29, 1.82) is 0 Å². The Labute approximate surface area is 158 Å². The Bertz CT molecular complexity index is 1030. The summed E-state index contributed by atoms with van der Waals surface area (Å²) in [5.41, 5.74) is 7.16. The number of quaternary nitrogens is 1. The zero-order valence-electron chi connectivity index (χ0n) is 15.0. The minimum atomic E-state index is -4.59. The van der Waals surface area contributed by atoms with Gasteiger partial charge in [-0.25, -0.2) is 0 Å². The molecule has 2 aliphatic carbocycles. The maximum absolute atomic E-state index is 13.7. The summed E-state index contributed by atoms with van der Waals surface area (Å²) < 4.78 is 41.0. The highest BCUT2D eigenvalue weighted by molar-refractivity contribution is 6.01. The van der Waals surface area contributed by atoms with Gasteiger partial charge in [0.15, 0.2) is 5.66 Å². The zero-order valence-corrected chi connectivity index (χ0v) is 15.0. The van der Waals surface area contributed by atoms with Gasteiger partial charge in [0, 0.05) is 23.6 Å². The molecule has 2 aromatic rings. The van der Waals surface area contributed by atoms with E-state index < -0.39 is 17.4 Å². The number of aliphatic hydroxyl groups excluding tert-OH is 1. The van der Waals surface area contributed by atoms with Gasteiger partial charge in [0.05, 0.1) is 11.3 Å². The summed E-state index contributed by atoms with van der Waals surface area (Å²) in [5.74, 6) is 0.256. The standard InChI is InChI=1S/C19H18F3N5O/c1-2-18(23,9-28)25-14-7-6-13(19(20,21)22)17(24-14)16-11-5-3-4-10-8-12(10)15(11)26-27-16/h3-8,28H,2,9,23H2,1H3,(H,24,25)(H,26,27)/p+1. The molecule has 9 heteroatoms. The van der Waals surface area contributed by atoms with Crippen molar-refractivity contribution in [3.8, 4) is 11.4 Å². The molecule has 0 bridgehead atoms. The number of aliphatic hydroxyl groups is 1. The van der Waals surface area contributed by atoms with Crippen LogP contribution in [0.2, 0.25) is 0 Å². The molecule has 6 nitrogen and oxygen atoms in total. The van der Waals surface area contributed by atoms with Crippen molar-refractivity contribution in [1.82, 2.24) is 15.2 Å². The van der Waals surface area contributed by atoms with E-state index in [1.807, 2.05) is 12.2 Å². The van der Waals surface area contributed by atoms with E-state index in [1.165, 1.54) is 11.4 Å². The summed E-state index contributed by atoms with van der Waals surface area (Å²) >= 11 is 0. The Morgan fingerprint density at radius 3 is 2.71 bits per heavy atom. The van der Waals surface area contributed by atoms with Crippen LogP contribution in [0.1, 0.15) is 30.2 Å². The second-order valence-corrected chi connectivity index (χ2v) is 6.92. The first-order chi connectivity index (χ1) is 13.3. The second-order valence-electron chi connectivity index (χ2n) is 6.92. The normalized spacial score (nSPS) is 17.2. The van der Waals surface area contributed by atoms with Gasteiger partial charge >= 0.3 is 6.18 Å². The van der Waals surface area contributed by atoms with Crippen molar-refractivity contribution in [3.63, 3.8) is 0 Å². The molecule has 1 unspecified atom stereocenters. The lowest BCUT2D eigenvalue weighted by Crippen LogP contribution is -2.97. The largest absolute Gasteiger partial charge is 0.418 e. The minimum Gasteiger partial charge on any atom is -0.388 e. The SMILES string of the molecule is CCC(N)(CO)[NH2+]c1ccc(C(F)(F)F)c(-c2[nH]nc3c2C=CC=C2C=C23)n1. The molecule has 146 valence electrons. The number of alkyl halides is 3. The van der Waals surface area contributed by atoms with E-state index in [2.05, 4.69) is 15.2 Å². The molecular formula is C19H19F3N5O+. The van der Waals surface area contributed by atoms with E-state index in [-0.39, 0.29) is 23.8 Å². The molecule has 28 heavy (non-hydrogen) atoms. The van der Waals surface area contributed by atoms with Crippen molar-refractivity contribution in [2.24, 2.45) is 5.73 Å². The van der Waals surface area contributed by atoms with Crippen LogP contribution < -0.4 is 11.1 Å². The molecule has 0 spiro atoms. The van der Waals surface area contributed by atoms with E-state index in [0.29, 0.717) is 17.7 Å². The third-order valence-electron chi connectivity index (χ3n) is 4.97. The number of fused-ring (bicyclic) bond motifs is 3. The average molecular weight is 390 g/mol. The molecule has 1 atom stereocenters. The van der Waals surface area contributed by atoms with Crippen LogP contribution in [-0.4, -0.2) is 32.6 Å². The monoisotopic (exact) mass is 390 g/mol. The summed E-state index contributed by atoms with van der Waals surface area (Å²) in [5, 5.41) is 17.9. The molecule has 2 heterocycles. The van der Waals surface area contributed by atoms with E-state index in [4.69, 9.17) is 5.73 Å². The molecule has 6 N–H and O–H groups in total. The highest BCUT2D eigenvalue weighted by Crippen LogP contribution is 2.44. The number of aromatic amines is 1. The summed E-state index contributed by atoms with van der Waals surface area (Å²) in [6.45, 7) is 1.44. The van der Waals surface area contributed by atoms with Crippen LogP contribution in [0.5, 0.6) is 0 Å². The molecule has 2 aromatic heterocycles. The highest BCUT2D eigenvalue weighted by atomic mass is 19.4. The molecule has 0 radical (unpaired) electrons. The third-order valence-corrected chi connectivity index (χ3v) is 4.97. The zero-order chi connectivity index (χ0) is 20.1. The van der Waals surface area contributed by atoms with E-state index in [9.17, 15) is 18.3 Å². The Kier molecular flexibility index (Phi) is 4.25. The Balaban J connectivity index is 1.84. The van der Waals surface area contributed by atoms with Gasteiger partial charge < -0.3 is 5.11 Å². The van der Waals surface area contributed by atoms with Gasteiger partial charge in [0.2, 0.25) is 5.82 Å². The average Bonchev–Trinajstić information content (AvgIpc) is 3.33. The number of allylic oxidation sites excluding steroid dienone is 5. The first kappa shape index (κ1) is 18.6. The number of nitrogens with one attached hydrogen (secondary N) is 1. The van der Waals surface area contributed by atoms with Crippen LogP contribution in [0.25, 0.3) is 23.0 Å². The fourth-order valence-corrected chi connectivity index (χ4v) is 3.14. The van der Waals surface area contributed by atoms with Gasteiger partial charge in [0.25, 0.3) is 0 Å². The predicted octanol–water partition coefficient (Wildman–Crippen LogP) is 2.09. The van der Waals surface area contributed by atoms with Gasteiger partial charge in [-0.2, -0.15) is 23.3 Å². The number of hydrogen-bond donors (Lipinski definition) is 4. The Morgan fingerprint density at radius 1 is 1.25 bits per heavy atom. The molecule has 0 fully saturated rings. The fraction of sp³-hybridized carbons (Fsp3) is 0.263. The third kappa shape index (κ3) is 3.17. The number of H-pyrrole nitrogens is 1. The molecule has 0 aliphatic heterocycles. The van der Waals surface area contributed by atoms with Crippen LogP contribution in [0.3, 0.4) is 0 Å². The van der Waals surface area contributed by atoms with E-state index in [0.717, 1.165) is 17.2 Å². The Morgan fingerprint density at radius 2 is 2.04 bits per heavy atom. The second kappa shape index (κ2) is 6.40. The number of pyridine rings is 1. The first-order valence-corrected chi connectivity index (χ1v) is 8.79. The molecular weight excluding hydrogens is 371 g/mol. The van der Waals surface area contributed by atoms with E-state index >= 15 is 0 Å².